The molecule has 0 atom stereocenters. The van der Waals surface area contributed by atoms with Crippen LogP contribution in [0.5, 0.6) is 0 Å². The van der Waals surface area contributed by atoms with Crippen molar-refractivity contribution in [3.05, 3.63) is 23.5 Å². The van der Waals surface area contributed by atoms with Crippen LogP contribution in [0.3, 0.4) is 0 Å². The highest BCUT2D eigenvalue weighted by Gasteiger charge is 2.17. The highest BCUT2D eigenvalue weighted by atomic mass is 16.3. The van der Waals surface area contributed by atoms with Gasteiger partial charge >= 0.3 is 0 Å². The van der Waals surface area contributed by atoms with Crippen molar-refractivity contribution in [2.45, 2.75) is 39.2 Å². The first-order valence-electron chi connectivity index (χ1n) is 4.33. The minimum atomic E-state index is -0.757. The van der Waals surface area contributed by atoms with Gasteiger partial charge in [-0.05, 0) is 31.9 Å². The van der Waals surface area contributed by atoms with Crippen LogP contribution in [0.15, 0.2) is 12.1 Å². The fourth-order valence-corrected chi connectivity index (χ4v) is 1.11. The lowest BCUT2D eigenvalue weighted by molar-refractivity contribution is 0.0743. The van der Waals surface area contributed by atoms with E-state index in [-0.39, 0.29) is 0 Å². The molecule has 1 heterocycles. The van der Waals surface area contributed by atoms with Gasteiger partial charge in [-0.2, -0.15) is 0 Å². The number of aliphatic hydroxyl groups is 1. The zero-order valence-corrected chi connectivity index (χ0v) is 8.18. The molecule has 1 rings (SSSR count). The minimum Gasteiger partial charge on any atom is -0.384 e. The third-order valence-electron chi connectivity index (χ3n) is 1.99. The molecule has 0 aliphatic heterocycles. The second kappa shape index (κ2) is 2.94. The molecule has 12 heavy (non-hydrogen) atoms. The van der Waals surface area contributed by atoms with Crippen LogP contribution in [0.1, 0.15) is 45.0 Å². The van der Waals surface area contributed by atoms with E-state index in [4.69, 9.17) is 0 Å². The number of aromatic nitrogens is 1. The third kappa shape index (κ3) is 1.89. The molecule has 1 aromatic rings. The number of hydrogen-bond donors (Lipinski definition) is 2. The molecule has 0 amide bonds. The first-order valence-corrected chi connectivity index (χ1v) is 4.33. The maximum Gasteiger partial charge on any atom is 0.0987 e. The van der Waals surface area contributed by atoms with Crippen molar-refractivity contribution in [1.29, 1.82) is 0 Å². The Morgan fingerprint density at radius 1 is 1.33 bits per heavy atom. The van der Waals surface area contributed by atoms with E-state index in [0.717, 1.165) is 5.69 Å². The third-order valence-corrected chi connectivity index (χ3v) is 1.99. The molecule has 0 radical (unpaired) electrons. The summed E-state index contributed by atoms with van der Waals surface area (Å²) in [7, 11) is 0. The molecule has 0 spiro atoms. The van der Waals surface area contributed by atoms with E-state index in [1.165, 1.54) is 5.69 Å². The van der Waals surface area contributed by atoms with Crippen molar-refractivity contribution >= 4 is 0 Å². The summed E-state index contributed by atoms with van der Waals surface area (Å²) in [6, 6.07) is 3.97. The summed E-state index contributed by atoms with van der Waals surface area (Å²) in [5.41, 5.74) is 1.30. The first-order chi connectivity index (χ1) is 5.41. The highest BCUT2D eigenvalue weighted by Crippen LogP contribution is 2.21. The van der Waals surface area contributed by atoms with Crippen molar-refractivity contribution in [2.75, 3.05) is 0 Å². The summed E-state index contributed by atoms with van der Waals surface area (Å²) in [6.07, 6.45) is 0. The van der Waals surface area contributed by atoms with E-state index in [9.17, 15) is 5.11 Å². The zero-order valence-electron chi connectivity index (χ0n) is 8.18. The molecular weight excluding hydrogens is 150 g/mol. The molecule has 0 unspecified atom stereocenters. The Morgan fingerprint density at radius 3 is 2.17 bits per heavy atom. The van der Waals surface area contributed by atoms with Crippen LogP contribution in [-0.2, 0) is 5.60 Å². The van der Waals surface area contributed by atoms with Crippen LogP contribution >= 0.6 is 0 Å². The molecule has 0 saturated carbocycles. The summed E-state index contributed by atoms with van der Waals surface area (Å²) >= 11 is 0. The number of rotatable bonds is 2. The molecule has 0 saturated heterocycles. The maximum absolute atomic E-state index is 9.65. The second-order valence-electron chi connectivity index (χ2n) is 4.04. The van der Waals surface area contributed by atoms with Gasteiger partial charge in [-0.25, -0.2) is 0 Å². The molecule has 68 valence electrons. The van der Waals surface area contributed by atoms with Crippen LogP contribution in [0, 0.1) is 0 Å². The molecule has 0 bridgehead atoms. The quantitative estimate of drug-likeness (QED) is 0.697. The largest absolute Gasteiger partial charge is 0.384 e. The van der Waals surface area contributed by atoms with Gasteiger partial charge in [-0.3, -0.25) is 0 Å². The lowest BCUT2D eigenvalue weighted by Crippen LogP contribution is -2.15. The first kappa shape index (κ1) is 9.33. The van der Waals surface area contributed by atoms with Crippen LogP contribution in [-0.4, -0.2) is 10.1 Å². The lowest BCUT2D eigenvalue weighted by atomic mass is 10.1. The van der Waals surface area contributed by atoms with Gasteiger partial charge in [0.25, 0.3) is 0 Å². The maximum atomic E-state index is 9.65. The van der Waals surface area contributed by atoms with Gasteiger partial charge in [0, 0.05) is 11.4 Å². The number of aromatic amines is 1. The van der Waals surface area contributed by atoms with Crippen molar-refractivity contribution < 1.29 is 5.11 Å². The molecule has 1 aromatic heterocycles. The van der Waals surface area contributed by atoms with E-state index in [2.05, 4.69) is 18.8 Å². The standard InChI is InChI=1S/C10H17NO/c1-7(2)8-5-6-9(11-8)10(3,4)12/h5-7,11-12H,1-4H3. The minimum absolute atomic E-state index is 0.487. The van der Waals surface area contributed by atoms with E-state index < -0.39 is 5.60 Å². The van der Waals surface area contributed by atoms with E-state index >= 15 is 0 Å². The average Bonchev–Trinajstić information content (AvgIpc) is 2.30. The van der Waals surface area contributed by atoms with Crippen LogP contribution in [0.25, 0.3) is 0 Å². The average molecular weight is 167 g/mol. The summed E-state index contributed by atoms with van der Waals surface area (Å²) < 4.78 is 0. The topological polar surface area (TPSA) is 36.0 Å². The Balaban J connectivity index is 2.92. The van der Waals surface area contributed by atoms with Gasteiger partial charge in [0.15, 0.2) is 0 Å². The SMILES string of the molecule is CC(C)c1ccc(C(C)(C)O)[nH]1. The fourth-order valence-electron chi connectivity index (χ4n) is 1.11. The van der Waals surface area contributed by atoms with Crippen LogP contribution < -0.4 is 0 Å². The van der Waals surface area contributed by atoms with E-state index in [0.29, 0.717) is 5.92 Å². The normalized spacial score (nSPS) is 12.5. The zero-order chi connectivity index (χ0) is 9.35. The number of H-pyrrole nitrogens is 1. The summed E-state index contributed by atoms with van der Waals surface area (Å²) in [5, 5.41) is 9.65. The molecular formula is C10H17NO. The molecule has 0 aliphatic rings. The van der Waals surface area contributed by atoms with Crippen molar-refractivity contribution in [1.82, 2.24) is 4.98 Å². The molecule has 0 aliphatic carbocycles. The van der Waals surface area contributed by atoms with Gasteiger partial charge in [-0.1, -0.05) is 13.8 Å². The highest BCUT2D eigenvalue weighted by molar-refractivity contribution is 5.19. The van der Waals surface area contributed by atoms with Crippen molar-refractivity contribution in [2.24, 2.45) is 0 Å². The predicted octanol–water partition coefficient (Wildman–Crippen LogP) is 2.37. The van der Waals surface area contributed by atoms with Crippen LogP contribution in [0.2, 0.25) is 0 Å². The Kier molecular flexibility index (Phi) is 2.29. The van der Waals surface area contributed by atoms with Crippen molar-refractivity contribution in [3.63, 3.8) is 0 Å². The predicted molar refractivity (Wildman–Crippen MR) is 50.1 cm³/mol. The number of hydrogen-bond acceptors (Lipinski definition) is 1. The van der Waals surface area contributed by atoms with Crippen molar-refractivity contribution in [3.8, 4) is 0 Å². The van der Waals surface area contributed by atoms with Gasteiger partial charge in [0.2, 0.25) is 0 Å². The van der Waals surface area contributed by atoms with Gasteiger partial charge in [0.1, 0.15) is 0 Å². The van der Waals surface area contributed by atoms with Gasteiger partial charge < -0.3 is 10.1 Å². The van der Waals surface area contributed by atoms with E-state index in [1.807, 2.05) is 12.1 Å². The van der Waals surface area contributed by atoms with E-state index in [1.54, 1.807) is 13.8 Å². The molecule has 0 fully saturated rings. The van der Waals surface area contributed by atoms with Gasteiger partial charge in [0.05, 0.1) is 5.60 Å². The smallest absolute Gasteiger partial charge is 0.0987 e. The second-order valence-corrected chi connectivity index (χ2v) is 4.04. The monoisotopic (exact) mass is 167 g/mol. The Labute approximate surface area is 73.6 Å². The Hall–Kier alpha value is -0.760. The summed E-state index contributed by atoms with van der Waals surface area (Å²) in [5.74, 6) is 0.487. The summed E-state index contributed by atoms with van der Waals surface area (Å²) in [6.45, 7) is 7.81. The molecule has 2 N–H and O–H groups in total. The molecule has 2 nitrogen and oxygen atoms in total. The molecule has 2 heteroatoms. The summed E-state index contributed by atoms with van der Waals surface area (Å²) in [4.78, 5) is 3.20. The van der Waals surface area contributed by atoms with Gasteiger partial charge in [-0.15, -0.1) is 0 Å². The Bertz CT molecular complexity index is 255. The fraction of sp³-hybridized carbons (Fsp3) is 0.600. The lowest BCUT2D eigenvalue weighted by Gasteiger charge is -2.15. The molecule has 0 aromatic carbocycles. The Morgan fingerprint density at radius 2 is 1.92 bits per heavy atom. The number of nitrogens with one attached hydrogen (secondary N) is 1. The van der Waals surface area contributed by atoms with Crippen LogP contribution in [0.4, 0.5) is 0 Å².